The standard InChI is InChI=1S/C11H4ClF4NOS/c12-5-2-1-3-6(13)8(5)9(18)7-4-17-10(19-7)11(14,15)16/h1-4H. The summed E-state index contributed by atoms with van der Waals surface area (Å²) in [5, 5.41) is -1.32. The highest BCUT2D eigenvalue weighted by atomic mass is 35.5. The molecule has 0 spiro atoms. The Morgan fingerprint density at radius 2 is 2.00 bits per heavy atom. The van der Waals surface area contributed by atoms with E-state index in [9.17, 15) is 22.4 Å². The predicted molar refractivity (Wildman–Crippen MR) is 62.0 cm³/mol. The van der Waals surface area contributed by atoms with Gasteiger partial charge in [0.2, 0.25) is 5.78 Å². The lowest BCUT2D eigenvalue weighted by atomic mass is 10.1. The number of alkyl halides is 3. The van der Waals surface area contributed by atoms with Gasteiger partial charge >= 0.3 is 6.18 Å². The molecule has 0 amide bonds. The molecule has 0 atom stereocenters. The van der Waals surface area contributed by atoms with Gasteiger partial charge in [0, 0.05) is 6.20 Å². The fourth-order valence-electron chi connectivity index (χ4n) is 1.35. The molecule has 0 aliphatic heterocycles. The van der Waals surface area contributed by atoms with Crippen molar-refractivity contribution >= 4 is 28.7 Å². The van der Waals surface area contributed by atoms with Gasteiger partial charge in [-0.3, -0.25) is 4.79 Å². The Morgan fingerprint density at radius 3 is 2.53 bits per heavy atom. The molecule has 2 aromatic rings. The van der Waals surface area contributed by atoms with Crippen LogP contribution in [0.5, 0.6) is 0 Å². The van der Waals surface area contributed by atoms with Gasteiger partial charge in [-0.15, -0.1) is 11.3 Å². The maximum Gasteiger partial charge on any atom is 0.443 e. The van der Waals surface area contributed by atoms with Crippen LogP contribution in [0.4, 0.5) is 17.6 Å². The summed E-state index contributed by atoms with van der Waals surface area (Å²) in [6.07, 6.45) is -3.87. The van der Waals surface area contributed by atoms with Crippen molar-refractivity contribution in [3.05, 3.63) is 50.7 Å². The molecule has 0 radical (unpaired) electrons. The number of carbonyl (C=O) groups excluding carboxylic acids is 1. The van der Waals surface area contributed by atoms with Crippen LogP contribution in [0.2, 0.25) is 5.02 Å². The summed E-state index contributed by atoms with van der Waals surface area (Å²) in [6.45, 7) is 0. The van der Waals surface area contributed by atoms with Crippen molar-refractivity contribution in [1.29, 1.82) is 0 Å². The van der Waals surface area contributed by atoms with E-state index in [0.717, 1.165) is 12.3 Å². The largest absolute Gasteiger partial charge is 0.443 e. The van der Waals surface area contributed by atoms with Crippen LogP contribution in [-0.2, 0) is 6.18 Å². The number of halogens is 5. The maximum atomic E-state index is 13.5. The lowest BCUT2D eigenvalue weighted by molar-refractivity contribution is -0.137. The first-order chi connectivity index (χ1) is 8.80. The van der Waals surface area contributed by atoms with Crippen LogP contribution in [0.25, 0.3) is 0 Å². The van der Waals surface area contributed by atoms with Gasteiger partial charge in [0.15, 0.2) is 5.01 Å². The zero-order chi connectivity index (χ0) is 14.2. The Bertz CT molecular complexity index is 618. The molecule has 1 aromatic carbocycles. The normalized spacial score (nSPS) is 11.6. The van der Waals surface area contributed by atoms with Crippen LogP contribution in [0.1, 0.15) is 20.2 Å². The molecule has 100 valence electrons. The summed E-state index contributed by atoms with van der Waals surface area (Å²) in [4.78, 5) is 14.7. The predicted octanol–water partition coefficient (Wildman–Crippen LogP) is 4.19. The fourth-order valence-corrected chi connectivity index (χ4v) is 2.33. The Balaban J connectivity index is 2.43. The van der Waals surface area contributed by atoms with Gasteiger partial charge in [0.1, 0.15) is 5.82 Å². The quantitative estimate of drug-likeness (QED) is 0.615. The zero-order valence-electron chi connectivity index (χ0n) is 8.96. The van der Waals surface area contributed by atoms with E-state index in [1.54, 1.807) is 0 Å². The third-order valence-corrected chi connectivity index (χ3v) is 3.52. The highest BCUT2D eigenvalue weighted by molar-refractivity contribution is 7.14. The van der Waals surface area contributed by atoms with E-state index in [0.29, 0.717) is 0 Å². The molecule has 0 N–H and O–H groups in total. The number of ketones is 1. The summed E-state index contributed by atoms with van der Waals surface area (Å²) in [7, 11) is 0. The number of rotatable bonds is 2. The first-order valence-corrected chi connectivity index (χ1v) is 6.02. The molecule has 0 saturated carbocycles. The summed E-state index contributed by atoms with van der Waals surface area (Å²) in [5.41, 5.74) is -0.457. The monoisotopic (exact) mass is 309 g/mol. The average molecular weight is 310 g/mol. The molecule has 8 heteroatoms. The van der Waals surface area contributed by atoms with E-state index in [2.05, 4.69) is 4.98 Å². The van der Waals surface area contributed by atoms with Crippen LogP contribution < -0.4 is 0 Å². The summed E-state index contributed by atoms with van der Waals surface area (Å²) in [5.74, 6) is -1.81. The third kappa shape index (κ3) is 2.76. The van der Waals surface area contributed by atoms with E-state index in [1.165, 1.54) is 12.1 Å². The molecule has 2 nitrogen and oxygen atoms in total. The highest BCUT2D eigenvalue weighted by Gasteiger charge is 2.35. The minimum Gasteiger partial charge on any atom is -0.287 e. The van der Waals surface area contributed by atoms with Gasteiger partial charge in [-0.1, -0.05) is 17.7 Å². The molecule has 2 rings (SSSR count). The van der Waals surface area contributed by atoms with Crippen molar-refractivity contribution in [2.24, 2.45) is 0 Å². The molecule has 19 heavy (non-hydrogen) atoms. The minimum atomic E-state index is -4.64. The van der Waals surface area contributed by atoms with E-state index in [1.807, 2.05) is 0 Å². The SMILES string of the molecule is O=C(c1cnc(C(F)(F)F)s1)c1c(F)cccc1Cl. The number of thiazole rings is 1. The summed E-state index contributed by atoms with van der Waals surface area (Å²) in [6, 6.07) is 3.58. The first-order valence-electron chi connectivity index (χ1n) is 4.82. The van der Waals surface area contributed by atoms with Crippen molar-refractivity contribution in [3.8, 4) is 0 Å². The molecule has 0 aliphatic carbocycles. The molecule has 1 aromatic heterocycles. The number of hydrogen-bond acceptors (Lipinski definition) is 3. The van der Waals surface area contributed by atoms with Crippen molar-refractivity contribution < 1.29 is 22.4 Å². The van der Waals surface area contributed by atoms with Crippen molar-refractivity contribution in [2.75, 3.05) is 0 Å². The van der Waals surface area contributed by atoms with E-state index in [4.69, 9.17) is 11.6 Å². The average Bonchev–Trinajstić information content (AvgIpc) is 2.77. The van der Waals surface area contributed by atoms with Crippen molar-refractivity contribution in [2.45, 2.75) is 6.18 Å². The number of aromatic nitrogens is 1. The minimum absolute atomic E-state index is 0.149. The van der Waals surface area contributed by atoms with Gasteiger partial charge in [0.05, 0.1) is 15.5 Å². The van der Waals surface area contributed by atoms with Crippen LogP contribution in [0.15, 0.2) is 24.4 Å². The van der Waals surface area contributed by atoms with Crippen LogP contribution in [-0.4, -0.2) is 10.8 Å². The second-order valence-corrected chi connectivity index (χ2v) is 4.89. The summed E-state index contributed by atoms with van der Waals surface area (Å²) >= 11 is 5.82. The smallest absolute Gasteiger partial charge is 0.287 e. The van der Waals surface area contributed by atoms with Gasteiger partial charge in [0.25, 0.3) is 0 Å². The molecule has 0 aliphatic rings. The van der Waals surface area contributed by atoms with E-state index in [-0.39, 0.29) is 21.2 Å². The molecular weight excluding hydrogens is 306 g/mol. The molecule has 0 saturated heterocycles. The van der Waals surface area contributed by atoms with Crippen molar-refractivity contribution in [1.82, 2.24) is 4.98 Å². The number of hydrogen-bond donors (Lipinski definition) is 0. The lowest BCUT2D eigenvalue weighted by Crippen LogP contribution is -2.04. The second-order valence-electron chi connectivity index (χ2n) is 3.45. The third-order valence-electron chi connectivity index (χ3n) is 2.16. The summed E-state index contributed by atoms with van der Waals surface area (Å²) < 4.78 is 50.6. The number of benzene rings is 1. The van der Waals surface area contributed by atoms with Crippen molar-refractivity contribution in [3.63, 3.8) is 0 Å². The van der Waals surface area contributed by atoms with E-state index < -0.39 is 28.3 Å². The zero-order valence-corrected chi connectivity index (χ0v) is 10.5. The maximum absolute atomic E-state index is 13.5. The van der Waals surface area contributed by atoms with Gasteiger partial charge in [-0.25, -0.2) is 9.37 Å². The van der Waals surface area contributed by atoms with Crippen LogP contribution in [0.3, 0.4) is 0 Å². The molecule has 1 heterocycles. The van der Waals surface area contributed by atoms with Crippen LogP contribution >= 0.6 is 22.9 Å². The Labute approximate surface area is 113 Å². The van der Waals surface area contributed by atoms with E-state index >= 15 is 0 Å². The lowest BCUT2D eigenvalue weighted by Gasteiger charge is -2.02. The Kier molecular flexibility index (Phi) is 3.60. The topological polar surface area (TPSA) is 30.0 Å². The fraction of sp³-hybridized carbons (Fsp3) is 0.0909. The second kappa shape index (κ2) is 4.90. The molecule has 0 fully saturated rings. The highest BCUT2D eigenvalue weighted by Crippen LogP contribution is 2.34. The number of nitrogens with zero attached hydrogens (tertiary/aromatic N) is 1. The molecular formula is C11H4ClF4NOS. The van der Waals surface area contributed by atoms with Gasteiger partial charge < -0.3 is 0 Å². The number of carbonyl (C=O) groups is 1. The Morgan fingerprint density at radius 1 is 1.32 bits per heavy atom. The van der Waals surface area contributed by atoms with Crippen LogP contribution in [0, 0.1) is 5.82 Å². The van der Waals surface area contributed by atoms with Gasteiger partial charge in [-0.2, -0.15) is 13.2 Å². The molecule has 0 bridgehead atoms. The molecule has 0 unspecified atom stereocenters. The first kappa shape index (κ1) is 14.0. The van der Waals surface area contributed by atoms with Gasteiger partial charge in [-0.05, 0) is 12.1 Å². The Hall–Kier alpha value is -1.47.